The summed E-state index contributed by atoms with van der Waals surface area (Å²) >= 11 is 1.39. The summed E-state index contributed by atoms with van der Waals surface area (Å²) in [5.41, 5.74) is 2.34. The minimum Gasteiger partial charge on any atom is -0.494 e. The molecule has 1 amide bonds. The van der Waals surface area contributed by atoms with Crippen LogP contribution in [-0.4, -0.2) is 32.7 Å². The molecular formula is C19H26N4O4S. The van der Waals surface area contributed by atoms with Crippen molar-refractivity contribution in [2.45, 2.75) is 51.6 Å². The van der Waals surface area contributed by atoms with Crippen LogP contribution >= 0.6 is 11.8 Å². The van der Waals surface area contributed by atoms with E-state index in [-0.39, 0.29) is 17.3 Å². The number of methoxy groups -OCH3 is 1. The van der Waals surface area contributed by atoms with E-state index in [1.807, 2.05) is 13.8 Å². The van der Waals surface area contributed by atoms with Crippen LogP contribution in [0.25, 0.3) is 0 Å². The Morgan fingerprint density at radius 3 is 2.61 bits per heavy atom. The molecule has 0 bridgehead atoms. The third-order valence-corrected chi connectivity index (χ3v) is 5.37. The number of aromatic nitrogens is 2. The number of aryl methyl sites for hydroxylation is 1. The number of thioether (sulfide) groups is 1. The maximum Gasteiger partial charge on any atom is 0.273 e. The summed E-state index contributed by atoms with van der Waals surface area (Å²) in [5, 5.41) is 14.1. The Morgan fingerprint density at radius 2 is 2.04 bits per heavy atom. The number of ether oxygens (including phenoxy) is 1. The number of hydrogen-bond donors (Lipinski definition) is 1. The fourth-order valence-electron chi connectivity index (χ4n) is 2.64. The molecule has 0 aliphatic carbocycles. The van der Waals surface area contributed by atoms with Crippen molar-refractivity contribution >= 4 is 29.0 Å². The third kappa shape index (κ3) is 5.03. The van der Waals surface area contributed by atoms with Crippen molar-refractivity contribution in [3.8, 4) is 5.75 Å². The molecule has 1 heterocycles. The predicted octanol–water partition coefficient (Wildman–Crippen LogP) is 4.19. The van der Waals surface area contributed by atoms with E-state index >= 15 is 0 Å². The van der Waals surface area contributed by atoms with Gasteiger partial charge in [-0.25, -0.2) is 4.98 Å². The number of amides is 1. The zero-order valence-corrected chi connectivity index (χ0v) is 17.8. The van der Waals surface area contributed by atoms with Gasteiger partial charge in [0.25, 0.3) is 5.69 Å². The van der Waals surface area contributed by atoms with Crippen molar-refractivity contribution in [1.82, 2.24) is 9.55 Å². The Balaban J connectivity index is 2.16. The Kier molecular flexibility index (Phi) is 7.06. The van der Waals surface area contributed by atoms with Crippen molar-refractivity contribution in [2.24, 2.45) is 5.92 Å². The van der Waals surface area contributed by atoms with E-state index in [1.54, 1.807) is 6.92 Å². The summed E-state index contributed by atoms with van der Waals surface area (Å²) < 4.78 is 7.31. The normalized spacial score (nSPS) is 12.1. The maximum absolute atomic E-state index is 12.7. The number of carbonyl (C=O) groups is 1. The van der Waals surface area contributed by atoms with E-state index in [0.29, 0.717) is 11.6 Å². The van der Waals surface area contributed by atoms with Gasteiger partial charge >= 0.3 is 0 Å². The molecule has 0 spiro atoms. The number of rotatable bonds is 8. The molecule has 2 aromatic rings. The smallest absolute Gasteiger partial charge is 0.273 e. The summed E-state index contributed by atoms with van der Waals surface area (Å²) in [6.07, 6.45) is 0. The van der Waals surface area contributed by atoms with Gasteiger partial charge in [-0.1, -0.05) is 25.6 Å². The molecule has 0 fully saturated rings. The van der Waals surface area contributed by atoms with Crippen LogP contribution in [0.4, 0.5) is 11.4 Å². The second-order valence-corrected chi connectivity index (χ2v) is 8.27. The van der Waals surface area contributed by atoms with Gasteiger partial charge < -0.3 is 14.6 Å². The molecule has 152 valence electrons. The molecule has 0 radical (unpaired) electrons. The Morgan fingerprint density at radius 1 is 1.36 bits per heavy atom. The average Bonchev–Trinajstić information content (AvgIpc) is 2.88. The van der Waals surface area contributed by atoms with Gasteiger partial charge in [0.2, 0.25) is 5.91 Å². The number of nitrogens with zero attached hydrogens (tertiary/aromatic N) is 3. The Bertz CT molecular complexity index is 879. The Labute approximate surface area is 168 Å². The van der Waals surface area contributed by atoms with E-state index in [1.165, 1.54) is 37.1 Å². The lowest BCUT2D eigenvalue weighted by Crippen LogP contribution is -2.23. The first-order valence-corrected chi connectivity index (χ1v) is 9.85. The van der Waals surface area contributed by atoms with Crippen molar-refractivity contribution in [3.63, 3.8) is 0 Å². The standard InChI is InChI=1S/C19H26N4O4S/c1-11(2)10-22-13(4)12(3)20-19(22)28-14(5)18(24)21-16-8-7-15(23(25)26)9-17(16)27-6/h7-9,11,14H,10H2,1-6H3,(H,21,24)/t14-/m1/s1. The monoisotopic (exact) mass is 406 g/mol. The largest absolute Gasteiger partial charge is 0.494 e. The van der Waals surface area contributed by atoms with Crippen molar-refractivity contribution < 1.29 is 14.5 Å². The predicted molar refractivity (Wildman–Crippen MR) is 110 cm³/mol. The van der Waals surface area contributed by atoms with Crippen LogP contribution in [0.15, 0.2) is 23.4 Å². The highest BCUT2D eigenvalue weighted by molar-refractivity contribution is 8.00. The summed E-state index contributed by atoms with van der Waals surface area (Å²) in [7, 11) is 1.40. The molecule has 8 nitrogen and oxygen atoms in total. The molecular weight excluding hydrogens is 380 g/mol. The second-order valence-electron chi connectivity index (χ2n) is 6.96. The molecule has 0 aliphatic rings. The SMILES string of the molecule is COc1cc([N+](=O)[O-])ccc1NC(=O)[C@@H](C)Sc1nc(C)c(C)n1CC(C)C. The number of hydrogen-bond acceptors (Lipinski definition) is 6. The minimum absolute atomic E-state index is 0.0982. The van der Waals surface area contributed by atoms with E-state index in [4.69, 9.17) is 4.74 Å². The van der Waals surface area contributed by atoms with Gasteiger partial charge in [0.15, 0.2) is 5.16 Å². The van der Waals surface area contributed by atoms with Crippen LogP contribution in [0.1, 0.15) is 32.2 Å². The molecule has 0 saturated carbocycles. The number of nitro groups is 1. The van der Waals surface area contributed by atoms with Crippen LogP contribution in [-0.2, 0) is 11.3 Å². The summed E-state index contributed by atoms with van der Waals surface area (Å²) in [6.45, 7) is 10.9. The molecule has 1 aromatic carbocycles. The summed E-state index contributed by atoms with van der Waals surface area (Å²) in [5.74, 6) is 0.472. The molecule has 0 unspecified atom stereocenters. The lowest BCUT2D eigenvalue weighted by atomic mass is 10.2. The van der Waals surface area contributed by atoms with E-state index < -0.39 is 10.2 Å². The van der Waals surface area contributed by atoms with Crippen LogP contribution in [0, 0.1) is 29.9 Å². The lowest BCUT2D eigenvalue weighted by molar-refractivity contribution is -0.384. The maximum atomic E-state index is 12.7. The molecule has 0 aliphatic heterocycles. The van der Waals surface area contributed by atoms with Crippen LogP contribution in [0.3, 0.4) is 0 Å². The molecule has 1 aromatic heterocycles. The number of benzene rings is 1. The Hall–Kier alpha value is -2.55. The topological polar surface area (TPSA) is 99.3 Å². The zero-order valence-electron chi connectivity index (χ0n) is 17.0. The fourth-order valence-corrected chi connectivity index (χ4v) is 3.65. The third-order valence-electron chi connectivity index (χ3n) is 4.28. The van der Waals surface area contributed by atoms with Crippen LogP contribution in [0.5, 0.6) is 5.75 Å². The highest BCUT2D eigenvalue weighted by atomic mass is 32.2. The number of anilines is 1. The molecule has 28 heavy (non-hydrogen) atoms. The number of nitro benzene ring substituents is 1. The molecule has 9 heteroatoms. The van der Waals surface area contributed by atoms with Crippen LogP contribution in [0.2, 0.25) is 0 Å². The van der Waals surface area contributed by atoms with Crippen molar-refractivity contribution in [3.05, 3.63) is 39.7 Å². The molecule has 1 N–H and O–H groups in total. The van der Waals surface area contributed by atoms with E-state index in [0.717, 1.165) is 23.1 Å². The summed E-state index contributed by atoms with van der Waals surface area (Å²) in [4.78, 5) is 27.7. The van der Waals surface area contributed by atoms with Gasteiger partial charge in [-0.2, -0.15) is 0 Å². The van der Waals surface area contributed by atoms with Gasteiger partial charge in [0.1, 0.15) is 5.75 Å². The number of carbonyl (C=O) groups excluding carboxylic acids is 1. The van der Waals surface area contributed by atoms with Gasteiger partial charge in [-0.15, -0.1) is 0 Å². The van der Waals surface area contributed by atoms with Gasteiger partial charge in [-0.05, 0) is 32.8 Å². The number of imidazole rings is 1. The molecule has 0 saturated heterocycles. The second kappa shape index (κ2) is 9.09. The van der Waals surface area contributed by atoms with E-state index in [9.17, 15) is 14.9 Å². The highest BCUT2D eigenvalue weighted by Crippen LogP contribution is 2.31. The lowest BCUT2D eigenvalue weighted by Gasteiger charge is -2.16. The first kappa shape index (κ1) is 21.7. The van der Waals surface area contributed by atoms with Crippen LogP contribution < -0.4 is 10.1 Å². The average molecular weight is 407 g/mol. The van der Waals surface area contributed by atoms with Gasteiger partial charge in [0, 0.05) is 18.3 Å². The highest BCUT2D eigenvalue weighted by Gasteiger charge is 2.22. The quantitative estimate of drug-likeness (QED) is 0.401. The van der Waals surface area contributed by atoms with Crippen molar-refractivity contribution in [2.75, 3.05) is 12.4 Å². The fraction of sp³-hybridized carbons (Fsp3) is 0.474. The molecule has 1 atom stereocenters. The van der Waals surface area contributed by atoms with Gasteiger partial charge in [-0.3, -0.25) is 14.9 Å². The van der Waals surface area contributed by atoms with Crippen molar-refractivity contribution in [1.29, 1.82) is 0 Å². The number of nitrogens with one attached hydrogen (secondary N) is 1. The number of non-ortho nitro benzene ring substituents is 1. The molecule has 2 rings (SSSR count). The van der Waals surface area contributed by atoms with Gasteiger partial charge in [0.05, 0.1) is 34.7 Å². The van der Waals surface area contributed by atoms with E-state index in [2.05, 4.69) is 28.7 Å². The zero-order chi connectivity index (χ0) is 21.0. The minimum atomic E-state index is -0.508. The summed E-state index contributed by atoms with van der Waals surface area (Å²) in [6, 6.07) is 4.09. The first-order valence-electron chi connectivity index (χ1n) is 8.97. The first-order chi connectivity index (χ1) is 13.1.